The van der Waals surface area contributed by atoms with Gasteiger partial charge in [-0.25, -0.2) is 4.79 Å². The normalized spacial score (nSPS) is 26.4. The Morgan fingerprint density at radius 3 is 2.88 bits per heavy atom. The number of nitrogens with zero attached hydrogens (tertiary/aromatic N) is 2. The molecule has 7 heteroatoms. The summed E-state index contributed by atoms with van der Waals surface area (Å²) in [7, 11) is 0. The summed E-state index contributed by atoms with van der Waals surface area (Å²) in [5, 5.41) is 16.3. The number of likely N-dealkylation sites (N-methyl/N-ethyl adjacent to an activating group) is 1. The van der Waals surface area contributed by atoms with Crippen LogP contribution < -0.4 is 5.32 Å². The van der Waals surface area contributed by atoms with Gasteiger partial charge in [-0.2, -0.15) is 11.3 Å². The number of amides is 2. The molecule has 1 atom stereocenters. The van der Waals surface area contributed by atoms with Crippen LogP contribution in [-0.4, -0.2) is 58.6 Å². The van der Waals surface area contributed by atoms with E-state index in [9.17, 15) is 9.59 Å². The summed E-state index contributed by atoms with van der Waals surface area (Å²) in [6.45, 7) is 3.59. The van der Waals surface area contributed by atoms with Gasteiger partial charge in [0.25, 0.3) is 0 Å². The van der Waals surface area contributed by atoms with Gasteiger partial charge in [-0.1, -0.05) is 6.92 Å². The van der Waals surface area contributed by atoms with Crippen LogP contribution in [0.3, 0.4) is 0 Å². The monoisotopic (exact) mass is 351 g/mol. The summed E-state index contributed by atoms with van der Waals surface area (Å²) >= 11 is 1.67. The summed E-state index contributed by atoms with van der Waals surface area (Å²) in [6, 6.07) is 2.75. The fraction of sp³-hybridized carbons (Fsp3) is 0.647. The second-order valence-electron chi connectivity index (χ2n) is 6.64. The number of likely N-dealkylation sites (tertiary alicyclic amines) is 1. The van der Waals surface area contributed by atoms with Gasteiger partial charge in [0, 0.05) is 18.6 Å². The van der Waals surface area contributed by atoms with E-state index < -0.39 is 5.97 Å². The maximum Gasteiger partial charge on any atom is 0.318 e. The van der Waals surface area contributed by atoms with Gasteiger partial charge in [-0.3, -0.25) is 9.69 Å². The molecule has 1 aromatic rings. The van der Waals surface area contributed by atoms with Gasteiger partial charge < -0.3 is 15.3 Å². The molecule has 1 saturated heterocycles. The molecule has 0 bridgehead atoms. The highest BCUT2D eigenvalue weighted by molar-refractivity contribution is 7.07. The first-order chi connectivity index (χ1) is 11.6. The predicted molar refractivity (Wildman–Crippen MR) is 93.2 cm³/mol. The first-order valence-electron chi connectivity index (χ1n) is 8.63. The van der Waals surface area contributed by atoms with Crippen molar-refractivity contribution in [2.24, 2.45) is 0 Å². The van der Waals surface area contributed by atoms with Gasteiger partial charge in [-0.15, -0.1) is 0 Å². The van der Waals surface area contributed by atoms with Crippen molar-refractivity contribution in [3.05, 3.63) is 22.4 Å². The molecule has 1 aromatic heterocycles. The summed E-state index contributed by atoms with van der Waals surface area (Å²) in [5.41, 5.74) is 1.23. The molecular formula is C17H25N3O3S. The Balaban J connectivity index is 1.49. The molecule has 0 radical (unpaired) electrons. The van der Waals surface area contributed by atoms with Crippen molar-refractivity contribution >= 4 is 23.3 Å². The molecule has 3 rings (SSSR count). The second-order valence-corrected chi connectivity index (χ2v) is 7.42. The van der Waals surface area contributed by atoms with E-state index in [0.717, 1.165) is 38.8 Å². The number of carboxylic acid groups (broad SMARTS) is 1. The molecule has 2 heterocycles. The third-order valence-electron chi connectivity index (χ3n) is 5.14. The third-order valence-corrected chi connectivity index (χ3v) is 5.84. The van der Waals surface area contributed by atoms with Gasteiger partial charge in [0.1, 0.15) is 0 Å². The Morgan fingerprint density at radius 2 is 2.25 bits per heavy atom. The van der Waals surface area contributed by atoms with Crippen LogP contribution >= 0.6 is 11.3 Å². The van der Waals surface area contributed by atoms with E-state index in [1.54, 1.807) is 11.3 Å². The van der Waals surface area contributed by atoms with Crippen LogP contribution in [-0.2, 0) is 4.79 Å². The van der Waals surface area contributed by atoms with Crippen LogP contribution in [0.25, 0.3) is 0 Å². The summed E-state index contributed by atoms with van der Waals surface area (Å²) < 4.78 is 0. The Kier molecular flexibility index (Phi) is 5.40. The number of aliphatic carboxylic acids is 1. The number of hydrogen-bond donors (Lipinski definition) is 2. The maximum atomic E-state index is 12.6. The lowest BCUT2D eigenvalue weighted by molar-refractivity contribution is -0.139. The Hall–Kier alpha value is -1.60. The first kappa shape index (κ1) is 17.2. The van der Waals surface area contributed by atoms with Crippen molar-refractivity contribution in [2.75, 3.05) is 19.6 Å². The molecule has 1 unspecified atom stereocenters. The van der Waals surface area contributed by atoms with Crippen molar-refractivity contribution in [1.82, 2.24) is 15.1 Å². The molecule has 1 saturated carbocycles. The number of nitrogens with one attached hydrogen (secondary N) is 1. The van der Waals surface area contributed by atoms with Crippen LogP contribution in [0.1, 0.15) is 44.2 Å². The van der Waals surface area contributed by atoms with Crippen LogP contribution in [0.5, 0.6) is 0 Å². The lowest BCUT2D eigenvalue weighted by atomic mass is 9.85. The number of carboxylic acids is 1. The zero-order chi connectivity index (χ0) is 17.1. The number of carbonyl (C=O) groups excluding carboxylic acids is 1. The predicted octanol–water partition coefficient (Wildman–Crippen LogP) is 2.53. The molecule has 0 aromatic carbocycles. The SMILES string of the molecule is CCN(CC(=O)O)C1CC(NC(=O)N2CCCC2c2ccsc2)C1. The molecule has 24 heavy (non-hydrogen) atoms. The summed E-state index contributed by atoms with van der Waals surface area (Å²) in [6.07, 6.45) is 3.75. The number of carbonyl (C=O) groups is 2. The molecular weight excluding hydrogens is 326 g/mol. The van der Waals surface area contributed by atoms with E-state index in [2.05, 4.69) is 22.1 Å². The van der Waals surface area contributed by atoms with E-state index in [-0.39, 0.29) is 30.7 Å². The van der Waals surface area contributed by atoms with Gasteiger partial charge in [0.05, 0.1) is 12.6 Å². The Morgan fingerprint density at radius 1 is 1.46 bits per heavy atom. The van der Waals surface area contributed by atoms with Gasteiger partial charge in [-0.05, 0) is 54.6 Å². The van der Waals surface area contributed by atoms with Crippen molar-refractivity contribution in [3.63, 3.8) is 0 Å². The topological polar surface area (TPSA) is 72.9 Å². The highest BCUT2D eigenvalue weighted by Gasteiger charge is 2.37. The van der Waals surface area contributed by atoms with Gasteiger partial charge in [0.2, 0.25) is 0 Å². The van der Waals surface area contributed by atoms with Crippen LogP contribution in [0.4, 0.5) is 4.79 Å². The molecule has 1 aliphatic carbocycles. The highest BCUT2D eigenvalue weighted by atomic mass is 32.1. The average Bonchev–Trinajstić information content (AvgIpc) is 3.17. The van der Waals surface area contributed by atoms with Crippen molar-refractivity contribution < 1.29 is 14.7 Å². The minimum Gasteiger partial charge on any atom is -0.480 e. The number of urea groups is 1. The van der Waals surface area contributed by atoms with Crippen LogP contribution in [0.2, 0.25) is 0 Å². The Bertz CT molecular complexity index is 572. The molecule has 132 valence electrons. The second kappa shape index (κ2) is 7.53. The molecule has 2 N–H and O–H groups in total. The zero-order valence-corrected chi connectivity index (χ0v) is 14.8. The lowest BCUT2D eigenvalue weighted by Gasteiger charge is -2.43. The smallest absolute Gasteiger partial charge is 0.318 e. The number of hydrogen-bond acceptors (Lipinski definition) is 4. The molecule has 2 aliphatic rings. The Labute approximate surface area is 146 Å². The quantitative estimate of drug-likeness (QED) is 0.826. The third kappa shape index (κ3) is 3.72. The summed E-state index contributed by atoms with van der Waals surface area (Å²) in [5.74, 6) is -0.792. The van der Waals surface area contributed by atoms with E-state index >= 15 is 0 Å². The summed E-state index contributed by atoms with van der Waals surface area (Å²) in [4.78, 5) is 27.4. The highest BCUT2D eigenvalue weighted by Crippen LogP contribution is 2.33. The fourth-order valence-electron chi connectivity index (χ4n) is 3.76. The van der Waals surface area contributed by atoms with Crippen LogP contribution in [0, 0.1) is 0 Å². The van der Waals surface area contributed by atoms with Crippen molar-refractivity contribution in [1.29, 1.82) is 0 Å². The zero-order valence-electron chi connectivity index (χ0n) is 14.0. The maximum absolute atomic E-state index is 12.6. The number of rotatable bonds is 6. The molecule has 2 amide bonds. The fourth-order valence-corrected chi connectivity index (χ4v) is 4.46. The molecule has 6 nitrogen and oxygen atoms in total. The van der Waals surface area contributed by atoms with Crippen molar-refractivity contribution in [2.45, 2.75) is 50.7 Å². The largest absolute Gasteiger partial charge is 0.480 e. The lowest BCUT2D eigenvalue weighted by Crippen LogP contribution is -2.56. The first-order valence-corrected chi connectivity index (χ1v) is 9.57. The van der Waals surface area contributed by atoms with Crippen LogP contribution in [0.15, 0.2) is 16.8 Å². The van der Waals surface area contributed by atoms with E-state index in [0.29, 0.717) is 0 Å². The standard InChI is InChI=1S/C17H25N3O3S/c1-2-19(10-16(21)22)14-8-13(9-14)18-17(23)20-6-3-4-15(20)12-5-7-24-11-12/h5,7,11,13-15H,2-4,6,8-10H2,1H3,(H,18,23)(H,21,22). The molecule has 1 aliphatic heterocycles. The average molecular weight is 351 g/mol. The number of thiophene rings is 1. The minimum absolute atomic E-state index is 0.0217. The molecule has 0 spiro atoms. The van der Waals surface area contributed by atoms with Gasteiger partial charge in [0.15, 0.2) is 0 Å². The minimum atomic E-state index is -0.792. The van der Waals surface area contributed by atoms with E-state index in [1.807, 2.05) is 16.7 Å². The van der Waals surface area contributed by atoms with Gasteiger partial charge >= 0.3 is 12.0 Å². The van der Waals surface area contributed by atoms with E-state index in [1.165, 1.54) is 5.56 Å². The van der Waals surface area contributed by atoms with E-state index in [4.69, 9.17) is 5.11 Å². The molecule has 2 fully saturated rings. The van der Waals surface area contributed by atoms with Crippen molar-refractivity contribution in [3.8, 4) is 0 Å².